The first-order valence-corrected chi connectivity index (χ1v) is 6.32. The summed E-state index contributed by atoms with van der Waals surface area (Å²) in [6, 6.07) is 4.64. The van der Waals surface area contributed by atoms with Gasteiger partial charge in [-0.2, -0.15) is 4.68 Å². The molecule has 8 nitrogen and oxygen atoms in total. The molecule has 3 rings (SSSR count). The number of nitrogens with one attached hydrogen (secondary N) is 1. The second-order valence-corrected chi connectivity index (χ2v) is 4.67. The molecule has 0 unspecified atom stereocenters. The van der Waals surface area contributed by atoms with Crippen molar-refractivity contribution in [3.05, 3.63) is 52.1 Å². The molecule has 22 heavy (non-hydrogen) atoms. The van der Waals surface area contributed by atoms with Gasteiger partial charge in [0.15, 0.2) is 11.3 Å². The second kappa shape index (κ2) is 5.02. The molecule has 1 amide bonds. The predicted molar refractivity (Wildman–Crippen MR) is 75.1 cm³/mol. The van der Waals surface area contributed by atoms with Crippen LogP contribution in [0.2, 0.25) is 0 Å². The topological polar surface area (TPSA) is 94.2 Å². The van der Waals surface area contributed by atoms with Gasteiger partial charge in [0, 0.05) is 7.05 Å². The summed E-state index contributed by atoms with van der Waals surface area (Å²) in [5.74, 6) is -1.20. The molecule has 0 bridgehead atoms. The van der Waals surface area contributed by atoms with Crippen LogP contribution < -0.4 is 11.0 Å². The number of carbonyl (C=O) groups excluding carboxylic acids is 1. The maximum atomic E-state index is 13.9. The Hall–Kier alpha value is -3.10. The van der Waals surface area contributed by atoms with Gasteiger partial charge < -0.3 is 5.32 Å². The highest BCUT2D eigenvalue weighted by Crippen LogP contribution is 2.18. The van der Waals surface area contributed by atoms with E-state index in [0.29, 0.717) is 5.56 Å². The fourth-order valence-corrected chi connectivity index (χ4v) is 1.97. The summed E-state index contributed by atoms with van der Waals surface area (Å²) >= 11 is 0. The molecule has 1 aromatic carbocycles. The molecule has 2 heterocycles. The number of rotatable bonds is 2. The summed E-state index contributed by atoms with van der Waals surface area (Å²) in [5, 5.41) is 9.78. The fourth-order valence-electron chi connectivity index (χ4n) is 1.97. The molecule has 3 aromatic rings. The molecule has 0 fully saturated rings. The number of imidazole rings is 1. The molecule has 0 aliphatic heterocycles. The van der Waals surface area contributed by atoms with E-state index < -0.39 is 17.4 Å². The number of aromatic nitrogens is 5. The zero-order chi connectivity index (χ0) is 15.9. The van der Waals surface area contributed by atoms with Crippen molar-refractivity contribution in [3.63, 3.8) is 0 Å². The molecule has 0 spiro atoms. The average Bonchev–Trinajstić information content (AvgIpc) is 2.92. The molecule has 0 atom stereocenters. The van der Waals surface area contributed by atoms with E-state index in [9.17, 15) is 14.0 Å². The molecule has 9 heteroatoms. The monoisotopic (exact) mass is 302 g/mol. The molecule has 0 saturated carbocycles. The Labute approximate surface area is 123 Å². The van der Waals surface area contributed by atoms with Crippen molar-refractivity contribution in [1.29, 1.82) is 0 Å². The van der Waals surface area contributed by atoms with Crippen LogP contribution in [0, 0.1) is 12.7 Å². The summed E-state index contributed by atoms with van der Waals surface area (Å²) < 4.78 is 16.0. The molecule has 0 radical (unpaired) electrons. The van der Waals surface area contributed by atoms with Crippen molar-refractivity contribution < 1.29 is 9.18 Å². The van der Waals surface area contributed by atoms with Crippen LogP contribution in [0.3, 0.4) is 0 Å². The van der Waals surface area contributed by atoms with E-state index >= 15 is 0 Å². The van der Waals surface area contributed by atoms with Gasteiger partial charge in [-0.05, 0) is 18.6 Å². The lowest BCUT2D eigenvalue weighted by Gasteiger charge is -2.06. The van der Waals surface area contributed by atoms with E-state index in [4.69, 9.17) is 0 Å². The van der Waals surface area contributed by atoms with Gasteiger partial charge in [0.05, 0.1) is 5.69 Å². The lowest BCUT2D eigenvalue weighted by molar-refractivity contribution is 0.102. The van der Waals surface area contributed by atoms with Gasteiger partial charge >= 0.3 is 5.69 Å². The number of hydrogen-bond acceptors (Lipinski definition) is 5. The highest BCUT2D eigenvalue weighted by molar-refractivity contribution is 6.06. The number of amides is 1. The van der Waals surface area contributed by atoms with Crippen LogP contribution in [0.4, 0.5) is 10.1 Å². The van der Waals surface area contributed by atoms with Crippen molar-refractivity contribution >= 4 is 17.2 Å². The predicted octanol–water partition coefficient (Wildman–Crippen LogP) is 0.523. The van der Waals surface area contributed by atoms with Crippen LogP contribution in [0.5, 0.6) is 0 Å². The Morgan fingerprint density at radius 1 is 1.36 bits per heavy atom. The fraction of sp³-hybridized carbons (Fsp3) is 0.154. The maximum absolute atomic E-state index is 13.9. The van der Waals surface area contributed by atoms with Crippen LogP contribution >= 0.6 is 0 Å². The zero-order valence-electron chi connectivity index (χ0n) is 11.7. The summed E-state index contributed by atoms with van der Waals surface area (Å²) in [6.07, 6.45) is 1.17. The molecule has 0 aliphatic rings. The second-order valence-electron chi connectivity index (χ2n) is 4.67. The normalized spacial score (nSPS) is 10.9. The van der Waals surface area contributed by atoms with Gasteiger partial charge in [-0.3, -0.25) is 4.79 Å². The van der Waals surface area contributed by atoms with Gasteiger partial charge in [0.1, 0.15) is 12.1 Å². The highest BCUT2D eigenvalue weighted by atomic mass is 19.1. The van der Waals surface area contributed by atoms with Gasteiger partial charge in [0.2, 0.25) is 0 Å². The molecular formula is C13H11FN6O2. The van der Waals surface area contributed by atoms with Crippen molar-refractivity contribution in [2.24, 2.45) is 7.05 Å². The largest absolute Gasteiger partial charge is 0.352 e. The standard InChI is InChI=1S/C13H11FN6O2/c1-7-4-3-5-8(9(7)14)16-12(21)10-11-17-18-19(2)13(22)20(11)6-15-10/h3-6H,1-2H3,(H,16,21). The van der Waals surface area contributed by atoms with Gasteiger partial charge in [-0.25, -0.2) is 18.6 Å². The third-order valence-corrected chi connectivity index (χ3v) is 3.15. The lowest BCUT2D eigenvalue weighted by atomic mass is 10.2. The first kappa shape index (κ1) is 13.9. The Morgan fingerprint density at radius 2 is 2.14 bits per heavy atom. The van der Waals surface area contributed by atoms with Crippen LogP contribution in [-0.4, -0.2) is 30.3 Å². The van der Waals surface area contributed by atoms with E-state index in [1.165, 1.54) is 19.4 Å². The van der Waals surface area contributed by atoms with Crippen molar-refractivity contribution in [1.82, 2.24) is 24.4 Å². The Kier molecular flexibility index (Phi) is 3.17. The third kappa shape index (κ3) is 2.12. The summed E-state index contributed by atoms with van der Waals surface area (Å²) in [6.45, 7) is 1.59. The van der Waals surface area contributed by atoms with Crippen molar-refractivity contribution in [2.45, 2.75) is 6.92 Å². The molecular weight excluding hydrogens is 291 g/mol. The number of hydrogen-bond donors (Lipinski definition) is 1. The number of carbonyl (C=O) groups is 1. The molecule has 0 saturated heterocycles. The SMILES string of the molecule is Cc1cccc(NC(=O)c2ncn3c(=O)n(C)nnc23)c1F. The first-order chi connectivity index (χ1) is 10.5. The molecule has 112 valence electrons. The zero-order valence-corrected chi connectivity index (χ0v) is 11.7. The maximum Gasteiger partial charge on any atom is 0.352 e. The molecule has 1 N–H and O–H groups in total. The Morgan fingerprint density at radius 3 is 2.91 bits per heavy atom. The minimum absolute atomic E-state index is 0.00802. The summed E-state index contributed by atoms with van der Waals surface area (Å²) in [4.78, 5) is 27.9. The Bertz CT molecular complexity index is 945. The number of benzene rings is 1. The van der Waals surface area contributed by atoms with Crippen molar-refractivity contribution in [2.75, 3.05) is 5.32 Å². The van der Waals surface area contributed by atoms with E-state index in [1.54, 1.807) is 19.1 Å². The molecule has 0 aliphatic carbocycles. The summed E-state index contributed by atoms with van der Waals surface area (Å²) in [7, 11) is 1.43. The average molecular weight is 302 g/mol. The number of nitrogens with zero attached hydrogens (tertiary/aromatic N) is 5. The van der Waals surface area contributed by atoms with Crippen LogP contribution in [-0.2, 0) is 7.05 Å². The molecule has 2 aromatic heterocycles. The third-order valence-electron chi connectivity index (χ3n) is 3.15. The van der Waals surface area contributed by atoms with Crippen molar-refractivity contribution in [3.8, 4) is 0 Å². The van der Waals surface area contributed by atoms with E-state index in [0.717, 1.165) is 9.08 Å². The van der Waals surface area contributed by atoms with Crippen LogP contribution in [0.15, 0.2) is 29.3 Å². The van der Waals surface area contributed by atoms with Gasteiger partial charge in [-0.1, -0.05) is 17.3 Å². The lowest BCUT2D eigenvalue weighted by Crippen LogP contribution is -2.27. The highest BCUT2D eigenvalue weighted by Gasteiger charge is 2.18. The van der Waals surface area contributed by atoms with E-state index in [2.05, 4.69) is 20.6 Å². The van der Waals surface area contributed by atoms with Gasteiger partial charge in [-0.15, -0.1) is 5.10 Å². The number of aryl methyl sites for hydroxylation is 2. The number of halogens is 1. The van der Waals surface area contributed by atoms with E-state index in [1.807, 2.05) is 0 Å². The smallest absolute Gasteiger partial charge is 0.318 e. The van der Waals surface area contributed by atoms with E-state index in [-0.39, 0.29) is 17.0 Å². The minimum atomic E-state index is -0.672. The Balaban J connectivity index is 2.01. The summed E-state index contributed by atoms with van der Waals surface area (Å²) in [5.41, 5.74) is -0.151. The quantitative estimate of drug-likeness (QED) is 0.745. The number of fused-ring (bicyclic) bond motifs is 1. The van der Waals surface area contributed by atoms with Crippen LogP contribution in [0.25, 0.3) is 5.65 Å². The van der Waals surface area contributed by atoms with Gasteiger partial charge in [0.25, 0.3) is 5.91 Å². The first-order valence-electron chi connectivity index (χ1n) is 6.32. The number of anilines is 1. The van der Waals surface area contributed by atoms with Crippen LogP contribution in [0.1, 0.15) is 16.1 Å². The minimum Gasteiger partial charge on any atom is -0.318 e.